The maximum absolute atomic E-state index is 6.94. The highest BCUT2D eigenvalue weighted by Crippen LogP contribution is 2.49. The third kappa shape index (κ3) is 6.73. The smallest absolute Gasteiger partial charge is 0.197 e. The van der Waals surface area contributed by atoms with Crippen LogP contribution in [0.4, 0.5) is 28.4 Å². The third-order valence-electron chi connectivity index (χ3n) is 14.7. The minimum Gasteiger partial charge on any atom is -0.456 e. The highest BCUT2D eigenvalue weighted by Gasteiger charge is 2.38. The standard InChI is InChI=1S/C62H52BN2O/c1-38-29-50(47-32-43-19-13-14-20-44(43)33-54(47)64-46-24-21-42(22-25-46)40-15-9-7-10-16-40)60-57(30-38)65(55-26-23-45(31-39(55)2)41-17-11-8-12-18-41)56-37-59-49(35-53(56)63-60)48-34-51-52(36-58(48)66-59)62(5,6)28-27-61(51,3)4/h7-26,29-37,64H,27-28H2,1-6H3. The van der Waals surface area contributed by atoms with Crippen molar-refractivity contribution in [1.29, 1.82) is 0 Å². The highest BCUT2D eigenvalue weighted by atomic mass is 16.3. The van der Waals surface area contributed by atoms with Crippen LogP contribution in [0.15, 0.2) is 180 Å². The summed E-state index contributed by atoms with van der Waals surface area (Å²) in [6.07, 6.45) is 2.33. The molecule has 1 aromatic heterocycles. The maximum atomic E-state index is 6.94. The summed E-state index contributed by atoms with van der Waals surface area (Å²) in [6, 6.07) is 64.6. The second-order valence-electron chi connectivity index (χ2n) is 20.1. The van der Waals surface area contributed by atoms with E-state index < -0.39 is 0 Å². The van der Waals surface area contributed by atoms with Gasteiger partial charge in [-0.05, 0) is 158 Å². The van der Waals surface area contributed by atoms with Crippen LogP contribution in [0, 0.1) is 13.8 Å². The van der Waals surface area contributed by atoms with E-state index in [1.165, 1.54) is 83.6 Å². The van der Waals surface area contributed by atoms with Gasteiger partial charge in [0, 0.05) is 50.8 Å². The summed E-state index contributed by atoms with van der Waals surface area (Å²) in [5.74, 6) is 0. The Labute approximate surface area is 389 Å². The molecule has 66 heavy (non-hydrogen) atoms. The van der Waals surface area contributed by atoms with Crippen LogP contribution in [-0.2, 0) is 10.8 Å². The Morgan fingerprint density at radius 1 is 0.500 bits per heavy atom. The molecule has 2 aliphatic rings. The predicted octanol–water partition coefficient (Wildman–Crippen LogP) is 15.9. The van der Waals surface area contributed by atoms with Gasteiger partial charge in [0.1, 0.15) is 11.2 Å². The average Bonchev–Trinajstić information content (AvgIpc) is 3.68. The summed E-state index contributed by atoms with van der Waals surface area (Å²) in [4.78, 5) is 2.49. The molecule has 1 aliphatic carbocycles. The molecule has 10 aromatic rings. The van der Waals surface area contributed by atoms with E-state index in [1.807, 2.05) is 0 Å². The van der Waals surface area contributed by atoms with E-state index in [0.717, 1.165) is 57.0 Å². The van der Waals surface area contributed by atoms with Gasteiger partial charge < -0.3 is 14.6 Å². The molecule has 3 nitrogen and oxygen atoms in total. The van der Waals surface area contributed by atoms with Gasteiger partial charge >= 0.3 is 0 Å². The summed E-state index contributed by atoms with van der Waals surface area (Å²) in [7, 11) is 2.43. The van der Waals surface area contributed by atoms with Crippen molar-refractivity contribution in [3.63, 3.8) is 0 Å². The topological polar surface area (TPSA) is 28.4 Å². The van der Waals surface area contributed by atoms with E-state index in [1.54, 1.807) is 0 Å². The molecule has 1 radical (unpaired) electrons. The molecule has 0 atom stereocenters. The van der Waals surface area contributed by atoms with Crippen molar-refractivity contribution >= 4 is 79.4 Å². The molecule has 1 aliphatic heterocycles. The number of rotatable bonds is 6. The molecule has 0 saturated carbocycles. The van der Waals surface area contributed by atoms with Crippen molar-refractivity contribution in [2.24, 2.45) is 0 Å². The number of furan rings is 1. The molecule has 0 bridgehead atoms. The number of hydrogen-bond donors (Lipinski definition) is 1. The lowest BCUT2D eigenvalue weighted by molar-refractivity contribution is 0.332. The zero-order valence-corrected chi connectivity index (χ0v) is 38.6. The van der Waals surface area contributed by atoms with Crippen LogP contribution in [0.1, 0.15) is 62.8 Å². The maximum Gasteiger partial charge on any atom is 0.197 e. The van der Waals surface area contributed by atoms with Crippen LogP contribution in [0.25, 0.3) is 66.1 Å². The van der Waals surface area contributed by atoms with Gasteiger partial charge in [-0.15, -0.1) is 0 Å². The van der Waals surface area contributed by atoms with Crippen molar-refractivity contribution in [1.82, 2.24) is 0 Å². The summed E-state index contributed by atoms with van der Waals surface area (Å²) >= 11 is 0. The minimum absolute atomic E-state index is 0.0866. The minimum atomic E-state index is 0.0866. The van der Waals surface area contributed by atoms with Crippen LogP contribution in [-0.4, -0.2) is 7.28 Å². The largest absolute Gasteiger partial charge is 0.456 e. The van der Waals surface area contributed by atoms with Crippen molar-refractivity contribution in [2.75, 3.05) is 10.2 Å². The molecular weight excluding hydrogens is 800 g/mol. The van der Waals surface area contributed by atoms with E-state index in [0.29, 0.717) is 0 Å². The molecular formula is C62H52BN2O. The fourth-order valence-electron chi connectivity index (χ4n) is 10.9. The Morgan fingerprint density at radius 2 is 1.09 bits per heavy atom. The third-order valence-corrected chi connectivity index (χ3v) is 14.7. The molecule has 1 N–H and O–H groups in total. The average molecular weight is 852 g/mol. The van der Waals surface area contributed by atoms with Gasteiger partial charge in [-0.3, -0.25) is 0 Å². The summed E-state index contributed by atoms with van der Waals surface area (Å²) in [6.45, 7) is 14.1. The fourth-order valence-corrected chi connectivity index (χ4v) is 10.9. The van der Waals surface area contributed by atoms with E-state index in [9.17, 15) is 0 Å². The van der Waals surface area contributed by atoms with Gasteiger partial charge in [-0.1, -0.05) is 148 Å². The number of fused-ring (bicyclic) bond motifs is 7. The van der Waals surface area contributed by atoms with Gasteiger partial charge in [0.2, 0.25) is 0 Å². The first-order valence-corrected chi connectivity index (χ1v) is 23.4. The zero-order valence-electron chi connectivity index (χ0n) is 38.6. The van der Waals surface area contributed by atoms with Gasteiger partial charge in [0.15, 0.2) is 7.28 Å². The number of aryl methyl sites for hydroxylation is 2. The van der Waals surface area contributed by atoms with E-state index in [4.69, 9.17) is 4.42 Å². The second kappa shape index (κ2) is 15.1. The van der Waals surface area contributed by atoms with Crippen LogP contribution >= 0.6 is 0 Å². The number of benzene rings is 9. The SMILES string of the molecule is Cc1cc(-c2cc3ccccc3cc2Nc2ccc(-c3ccccc3)cc2)c2c(c1)N(c1ccc(-c3ccccc3)cc1C)c1cc3oc4cc5c(cc4c3cc1[B]2)C(C)(C)CCC5(C)C. The molecule has 4 heteroatoms. The van der Waals surface area contributed by atoms with Crippen molar-refractivity contribution in [3.05, 3.63) is 198 Å². The van der Waals surface area contributed by atoms with E-state index in [-0.39, 0.29) is 10.8 Å². The van der Waals surface area contributed by atoms with Crippen molar-refractivity contribution in [3.8, 4) is 33.4 Å². The molecule has 2 heterocycles. The molecule has 9 aromatic carbocycles. The monoisotopic (exact) mass is 851 g/mol. The first-order valence-electron chi connectivity index (χ1n) is 23.4. The quantitative estimate of drug-likeness (QED) is 0.169. The first kappa shape index (κ1) is 40.2. The van der Waals surface area contributed by atoms with Crippen LogP contribution in [0.2, 0.25) is 0 Å². The molecule has 0 fully saturated rings. The van der Waals surface area contributed by atoms with Crippen molar-refractivity contribution in [2.45, 2.75) is 65.2 Å². The Kier molecular flexibility index (Phi) is 9.23. The van der Waals surface area contributed by atoms with E-state index >= 15 is 0 Å². The molecule has 0 spiro atoms. The van der Waals surface area contributed by atoms with Gasteiger partial charge in [-0.25, -0.2) is 0 Å². The van der Waals surface area contributed by atoms with Crippen molar-refractivity contribution < 1.29 is 4.42 Å². The lowest BCUT2D eigenvalue weighted by Gasteiger charge is -2.41. The molecule has 0 amide bonds. The molecule has 319 valence electrons. The zero-order chi connectivity index (χ0) is 44.9. The van der Waals surface area contributed by atoms with Crippen LogP contribution in [0.5, 0.6) is 0 Å². The number of nitrogens with zero attached hydrogens (tertiary/aromatic N) is 1. The number of nitrogens with one attached hydrogen (secondary N) is 1. The lowest BCUT2D eigenvalue weighted by atomic mass is 9.57. The van der Waals surface area contributed by atoms with Gasteiger partial charge in [-0.2, -0.15) is 0 Å². The fraction of sp³-hybridized carbons (Fsp3) is 0.161. The summed E-state index contributed by atoms with van der Waals surface area (Å²) < 4.78 is 6.94. The number of hydrogen-bond acceptors (Lipinski definition) is 3. The normalized spacial score (nSPS) is 14.7. The Balaban J connectivity index is 1.06. The summed E-state index contributed by atoms with van der Waals surface area (Å²) in [5.41, 5.74) is 22.3. The molecule has 0 saturated heterocycles. The Hall–Kier alpha value is -7.30. The Bertz CT molecular complexity index is 3550. The summed E-state index contributed by atoms with van der Waals surface area (Å²) in [5, 5.41) is 8.64. The van der Waals surface area contributed by atoms with Crippen LogP contribution < -0.4 is 21.1 Å². The lowest BCUT2D eigenvalue weighted by Crippen LogP contribution is -2.41. The van der Waals surface area contributed by atoms with Gasteiger partial charge in [0.05, 0.1) is 0 Å². The Morgan fingerprint density at radius 3 is 1.79 bits per heavy atom. The first-order chi connectivity index (χ1) is 32.0. The number of anilines is 5. The molecule has 0 unspecified atom stereocenters. The second-order valence-corrected chi connectivity index (χ2v) is 20.1. The van der Waals surface area contributed by atoms with Gasteiger partial charge in [0.25, 0.3) is 0 Å². The van der Waals surface area contributed by atoms with Crippen LogP contribution in [0.3, 0.4) is 0 Å². The predicted molar refractivity (Wildman–Crippen MR) is 282 cm³/mol. The molecule has 12 rings (SSSR count). The highest BCUT2D eigenvalue weighted by molar-refractivity contribution is 6.73. The van der Waals surface area contributed by atoms with E-state index in [2.05, 4.69) is 235 Å².